The van der Waals surface area contributed by atoms with E-state index in [1.54, 1.807) is 0 Å². The highest BCUT2D eigenvalue weighted by atomic mass is 16.5. The lowest BCUT2D eigenvalue weighted by Gasteiger charge is -2.34. The van der Waals surface area contributed by atoms with Crippen LogP contribution in [0.25, 0.3) is 0 Å². The maximum atomic E-state index is 13.1. The molecule has 0 amide bonds. The number of fused-ring (bicyclic) bond motifs is 2. The third kappa shape index (κ3) is 3.27. The van der Waals surface area contributed by atoms with Crippen LogP contribution < -0.4 is 10.5 Å². The van der Waals surface area contributed by atoms with Crippen LogP contribution in [0.4, 0.5) is 0 Å². The topological polar surface area (TPSA) is 61.5 Å². The van der Waals surface area contributed by atoms with Gasteiger partial charge >= 0.3 is 5.97 Å². The minimum Gasteiger partial charge on any atom is -0.460 e. The summed E-state index contributed by atoms with van der Waals surface area (Å²) in [5.41, 5.74) is 7.45. The lowest BCUT2D eigenvalue weighted by molar-refractivity contribution is -0.153. The third-order valence-electron chi connectivity index (χ3n) is 5.04. The van der Waals surface area contributed by atoms with Crippen molar-refractivity contribution < 1.29 is 14.3 Å². The van der Waals surface area contributed by atoms with Gasteiger partial charge in [0.1, 0.15) is 23.5 Å². The first-order valence-electron chi connectivity index (χ1n) is 8.83. The molecular weight excluding hydrogens is 314 g/mol. The third-order valence-corrected chi connectivity index (χ3v) is 5.04. The second-order valence-electron chi connectivity index (χ2n) is 6.80. The molecule has 2 unspecified atom stereocenters. The van der Waals surface area contributed by atoms with Gasteiger partial charge in [-0.05, 0) is 31.9 Å². The number of carbonyl (C=O) groups excluding carboxylic acids is 1. The fourth-order valence-electron chi connectivity index (χ4n) is 3.28. The van der Waals surface area contributed by atoms with Gasteiger partial charge in [-0.3, -0.25) is 4.79 Å². The molecule has 2 aromatic rings. The molecule has 2 aromatic carbocycles. The van der Waals surface area contributed by atoms with Crippen molar-refractivity contribution in [1.29, 1.82) is 0 Å². The molecule has 0 saturated heterocycles. The maximum absolute atomic E-state index is 13.1. The van der Waals surface area contributed by atoms with E-state index in [4.69, 9.17) is 15.2 Å². The molecule has 2 N–H and O–H groups in total. The zero-order chi connectivity index (χ0) is 18.0. The van der Waals surface area contributed by atoms with Crippen LogP contribution in [0.1, 0.15) is 50.7 Å². The van der Waals surface area contributed by atoms with Gasteiger partial charge in [0.25, 0.3) is 0 Å². The Morgan fingerprint density at radius 2 is 1.64 bits per heavy atom. The van der Waals surface area contributed by atoms with E-state index in [9.17, 15) is 4.79 Å². The predicted octanol–water partition coefficient (Wildman–Crippen LogP) is 4.37. The summed E-state index contributed by atoms with van der Waals surface area (Å²) >= 11 is 0. The molecule has 132 valence electrons. The van der Waals surface area contributed by atoms with Crippen LogP contribution in [0.2, 0.25) is 0 Å². The Labute approximate surface area is 148 Å². The van der Waals surface area contributed by atoms with E-state index in [-0.39, 0.29) is 12.1 Å². The molecule has 0 aliphatic carbocycles. The molecule has 0 spiro atoms. The van der Waals surface area contributed by atoms with Crippen LogP contribution in [0, 0.1) is 0 Å². The number of esters is 1. The van der Waals surface area contributed by atoms with E-state index < -0.39 is 11.5 Å². The molecule has 0 saturated carbocycles. The number of hydrogen-bond acceptors (Lipinski definition) is 4. The first kappa shape index (κ1) is 17.5. The number of nitrogens with two attached hydrogens (primary N) is 1. The van der Waals surface area contributed by atoms with E-state index >= 15 is 0 Å². The molecule has 0 fully saturated rings. The Bertz CT molecular complexity index is 724. The summed E-state index contributed by atoms with van der Waals surface area (Å²) in [6.45, 7) is 5.93. The zero-order valence-electron chi connectivity index (χ0n) is 15.0. The van der Waals surface area contributed by atoms with Gasteiger partial charge in [0.15, 0.2) is 0 Å². The average Bonchev–Trinajstić information content (AvgIpc) is 2.63. The SMILES string of the molecule is CCC(OC(=O)C1c2ccccc2Oc2ccccc21)C(C)(N)CC. The molecule has 3 rings (SSSR count). The van der Waals surface area contributed by atoms with Gasteiger partial charge in [-0.15, -0.1) is 0 Å². The Morgan fingerprint density at radius 1 is 1.12 bits per heavy atom. The maximum Gasteiger partial charge on any atom is 0.318 e. The van der Waals surface area contributed by atoms with Crippen molar-refractivity contribution in [3.63, 3.8) is 0 Å². The largest absolute Gasteiger partial charge is 0.460 e. The van der Waals surface area contributed by atoms with Crippen molar-refractivity contribution in [2.75, 3.05) is 0 Å². The number of carbonyl (C=O) groups is 1. The first-order chi connectivity index (χ1) is 12.0. The van der Waals surface area contributed by atoms with Gasteiger partial charge in [0.05, 0.1) is 0 Å². The molecule has 0 radical (unpaired) electrons. The molecular formula is C21H25NO3. The van der Waals surface area contributed by atoms with Crippen LogP contribution in [-0.2, 0) is 9.53 Å². The molecule has 1 aliphatic heterocycles. The van der Waals surface area contributed by atoms with Crippen molar-refractivity contribution in [3.05, 3.63) is 59.7 Å². The molecule has 0 bridgehead atoms. The van der Waals surface area contributed by atoms with E-state index in [2.05, 4.69) is 0 Å². The quantitative estimate of drug-likeness (QED) is 0.822. The van der Waals surface area contributed by atoms with Crippen LogP contribution in [0.15, 0.2) is 48.5 Å². The number of para-hydroxylation sites is 2. The van der Waals surface area contributed by atoms with Crippen LogP contribution in [-0.4, -0.2) is 17.6 Å². The summed E-state index contributed by atoms with van der Waals surface area (Å²) < 4.78 is 11.8. The second kappa shape index (κ2) is 6.89. The van der Waals surface area contributed by atoms with Crippen LogP contribution in [0.3, 0.4) is 0 Å². The van der Waals surface area contributed by atoms with E-state index in [1.807, 2.05) is 69.3 Å². The Hall–Kier alpha value is -2.33. The predicted molar refractivity (Wildman–Crippen MR) is 97.9 cm³/mol. The second-order valence-corrected chi connectivity index (χ2v) is 6.80. The summed E-state index contributed by atoms with van der Waals surface area (Å²) in [4.78, 5) is 13.1. The summed E-state index contributed by atoms with van der Waals surface area (Å²) in [5, 5.41) is 0. The van der Waals surface area contributed by atoms with Crippen molar-refractivity contribution in [2.45, 2.75) is 51.2 Å². The first-order valence-corrected chi connectivity index (χ1v) is 8.83. The van der Waals surface area contributed by atoms with Gasteiger partial charge in [-0.2, -0.15) is 0 Å². The Kier molecular flexibility index (Phi) is 4.82. The van der Waals surface area contributed by atoms with Gasteiger partial charge in [0.2, 0.25) is 0 Å². The molecule has 25 heavy (non-hydrogen) atoms. The monoisotopic (exact) mass is 339 g/mol. The number of hydrogen-bond donors (Lipinski definition) is 1. The van der Waals surface area contributed by atoms with Gasteiger partial charge < -0.3 is 15.2 Å². The molecule has 0 aromatic heterocycles. The van der Waals surface area contributed by atoms with E-state index in [0.717, 1.165) is 17.5 Å². The van der Waals surface area contributed by atoms with Crippen molar-refractivity contribution in [1.82, 2.24) is 0 Å². The Morgan fingerprint density at radius 3 is 2.12 bits per heavy atom. The minimum atomic E-state index is -0.547. The normalized spacial score (nSPS) is 16.8. The highest BCUT2D eigenvalue weighted by molar-refractivity contribution is 5.85. The molecule has 1 heterocycles. The molecule has 1 aliphatic rings. The smallest absolute Gasteiger partial charge is 0.318 e. The standard InChI is InChI=1S/C21H25NO3/c1-4-18(21(3,22)5-2)25-20(23)19-14-10-6-8-12-16(14)24-17-13-9-7-11-15(17)19/h6-13,18-19H,4-5,22H2,1-3H3. The highest BCUT2D eigenvalue weighted by Gasteiger charge is 2.37. The Balaban J connectivity index is 1.97. The zero-order valence-corrected chi connectivity index (χ0v) is 15.0. The van der Waals surface area contributed by atoms with Gasteiger partial charge in [0, 0.05) is 16.7 Å². The lowest BCUT2D eigenvalue weighted by atomic mass is 9.87. The minimum absolute atomic E-state index is 0.278. The van der Waals surface area contributed by atoms with Crippen molar-refractivity contribution in [2.24, 2.45) is 5.73 Å². The number of benzene rings is 2. The highest BCUT2D eigenvalue weighted by Crippen LogP contribution is 2.44. The summed E-state index contributed by atoms with van der Waals surface area (Å²) in [5.74, 6) is 0.618. The van der Waals surface area contributed by atoms with Crippen molar-refractivity contribution in [3.8, 4) is 11.5 Å². The fraction of sp³-hybridized carbons (Fsp3) is 0.381. The average molecular weight is 339 g/mol. The summed E-state index contributed by atoms with van der Waals surface area (Å²) in [6, 6.07) is 15.2. The molecule has 4 nitrogen and oxygen atoms in total. The van der Waals surface area contributed by atoms with Gasteiger partial charge in [-0.25, -0.2) is 0 Å². The van der Waals surface area contributed by atoms with Gasteiger partial charge in [-0.1, -0.05) is 50.2 Å². The number of rotatable bonds is 5. The lowest BCUT2D eigenvalue weighted by Crippen LogP contribution is -2.49. The summed E-state index contributed by atoms with van der Waals surface area (Å²) in [7, 11) is 0. The molecule has 2 atom stereocenters. The summed E-state index contributed by atoms with van der Waals surface area (Å²) in [6.07, 6.45) is 1.09. The number of ether oxygens (including phenoxy) is 2. The van der Waals surface area contributed by atoms with E-state index in [1.165, 1.54) is 0 Å². The fourth-order valence-corrected chi connectivity index (χ4v) is 3.28. The van der Waals surface area contributed by atoms with Crippen molar-refractivity contribution >= 4 is 5.97 Å². The van der Waals surface area contributed by atoms with Crippen LogP contribution >= 0.6 is 0 Å². The van der Waals surface area contributed by atoms with Crippen LogP contribution in [0.5, 0.6) is 11.5 Å². The molecule has 4 heteroatoms. The van der Waals surface area contributed by atoms with E-state index in [0.29, 0.717) is 17.9 Å².